The van der Waals surface area contributed by atoms with Crippen LogP contribution in [0.1, 0.15) is 18.9 Å². The first-order valence-corrected chi connectivity index (χ1v) is 12.7. The highest BCUT2D eigenvalue weighted by atomic mass is 35.5. The van der Waals surface area contributed by atoms with E-state index in [9.17, 15) is 18.0 Å². The summed E-state index contributed by atoms with van der Waals surface area (Å²) in [7, 11) is -2.37. The number of nitrogens with one attached hydrogen (secondary N) is 1. The summed E-state index contributed by atoms with van der Waals surface area (Å²) < 4.78 is 26.0. The van der Waals surface area contributed by atoms with Crippen molar-refractivity contribution in [3.63, 3.8) is 0 Å². The van der Waals surface area contributed by atoms with E-state index in [2.05, 4.69) is 5.32 Å². The Balaban J connectivity index is 2.38. The Kier molecular flexibility index (Phi) is 9.36. The molecule has 0 fully saturated rings. The van der Waals surface area contributed by atoms with E-state index in [0.717, 1.165) is 16.1 Å². The van der Waals surface area contributed by atoms with Crippen molar-refractivity contribution in [3.8, 4) is 0 Å². The average Bonchev–Trinajstić information content (AvgIpc) is 2.76. The molecule has 174 valence electrons. The number of halogens is 2. The molecule has 2 rings (SSSR count). The van der Waals surface area contributed by atoms with Gasteiger partial charge in [0.25, 0.3) is 0 Å². The van der Waals surface area contributed by atoms with Gasteiger partial charge in [-0.25, -0.2) is 8.42 Å². The summed E-state index contributed by atoms with van der Waals surface area (Å²) in [5, 5.41) is 3.00. The molecule has 2 amide bonds. The second-order valence-corrected chi connectivity index (χ2v) is 9.98. The fourth-order valence-corrected chi connectivity index (χ4v) is 4.62. The first kappa shape index (κ1) is 26.0. The number of anilines is 1. The van der Waals surface area contributed by atoms with Crippen molar-refractivity contribution in [2.45, 2.75) is 25.8 Å². The molecule has 1 N–H and O–H groups in total. The molecule has 2 aromatic rings. The third-order valence-electron chi connectivity index (χ3n) is 4.97. The quantitative estimate of drug-likeness (QED) is 0.542. The van der Waals surface area contributed by atoms with Crippen LogP contribution >= 0.6 is 23.2 Å². The molecule has 0 bridgehead atoms. The molecule has 0 aliphatic heterocycles. The zero-order chi connectivity index (χ0) is 23.9. The van der Waals surface area contributed by atoms with Crippen LogP contribution in [0.25, 0.3) is 0 Å². The summed E-state index contributed by atoms with van der Waals surface area (Å²) in [6.45, 7) is 1.53. The number of hydrogen-bond acceptors (Lipinski definition) is 4. The number of carbonyl (C=O) groups excluding carboxylic acids is 2. The average molecular weight is 500 g/mol. The molecule has 0 heterocycles. The normalized spacial score (nSPS) is 12.2. The third kappa shape index (κ3) is 6.85. The van der Waals surface area contributed by atoms with Gasteiger partial charge in [0.15, 0.2) is 0 Å². The Morgan fingerprint density at radius 3 is 2.31 bits per heavy atom. The summed E-state index contributed by atoms with van der Waals surface area (Å²) in [6.07, 6.45) is 1.87. The number of carbonyl (C=O) groups is 2. The summed E-state index contributed by atoms with van der Waals surface area (Å²) in [5.74, 6) is -0.835. The van der Waals surface area contributed by atoms with Crippen molar-refractivity contribution in [1.82, 2.24) is 10.2 Å². The maximum atomic E-state index is 13.4. The number of sulfonamides is 1. The second-order valence-electron chi connectivity index (χ2n) is 7.23. The molecular weight excluding hydrogens is 473 g/mol. The molecule has 10 heteroatoms. The molecule has 2 aromatic carbocycles. The molecule has 32 heavy (non-hydrogen) atoms. The minimum absolute atomic E-state index is 0.103. The first-order valence-electron chi connectivity index (χ1n) is 10.1. The smallest absolute Gasteiger partial charge is 0.244 e. The van der Waals surface area contributed by atoms with Gasteiger partial charge in [-0.2, -0.15) is 0 Å². The lowest BCUT2D eigenvalue weighted by Gasteiger charge is -2.32. The van der Waals surface area contributed by atoms with Crippen molar-refractivity contribution < 1.29 is 18.0 Å². The Bertz CT molecular complexity index is 1050. The standard InChI is InChI=1S/C22H27Cl2N3O4S/c1-4-19(22(29)25-2)26(13-12-16-8-6-5-7-9-16)21(28)15-27(32(3,30)31)20-14-17(23)10-11-18(20)24/h5-11,14,19H,4,12-13,15H2,1-3H3,(H,25,29). The summed E-state index contributed by atoms with van der Waals surface area (Å²) in [4.78, 5) is 27.3. The molecule has 0 aliphatic carbocycles. The molecule has 0 aromatic heterocycles. The van der Waals surface area contributed by atoms with Crippen molar-refractivity contribution in [3.05, 3.63) is 64.1 Å². The summed E-state index contributed by atoms with van der Waals surface area (Å²) >= 11 is 12.2. The topological polar surface area (TPSA) is 86.8 Å². The number of hydrogen-bond donors (Lipinski definition) is 1. The van der Waals surface area contributed by atoms with Crippen LogP contribution in [0.2, 0.25) is 10.0 Å². The number of rotatable bonds is 10. The number of benzene rings is 2. The lowest BCUT2D eigenvalue weighted by atomic mass is 10.1. The van der Waals surface area contributed by atoms with E-state index < -0.39 is 28.5 Å². The van der Waals surface area contributed by atoms with E-state index in [1.54, 1.807) is 6.92 Å². The highest BCUT2D eigenvalue weighted by molar-refractivity contribution is 7.92. The molecule has 0 spiro atoms. The predicted octanol–water partition coefficient (Wildman–Crippen LogP) is 3.36. The van der Waals surface area contributed by atoms with Crippen molar-refractivity contribution >= 4 is 50.7 Å². The highest BCUT2D eigenvalue weighted by Crippen LogP contribution is 2.30. The highest BCUT2D eigenvalue weighted by Gasteiger charge is 2.31. The summed E-state index contributed by atoms with van der Waals surface area (Å²) in [6, 6.07) is 13.2. The van der Waals surface area contributed by atoms with Gasteiger partial charge in [-0.15, -0.1) is 0 Å². The SMILES string of the molecule is CCC(C(=O)NC)N(CCc1ccccc1)C(=O)CN(c1cc(Cl)ccc1Cl)S(C)(=O)=O. The van der Waals surface area contributed by atoms with Gasteiger partial charge >= 0.3 is 0 Å². The zero-order valence-electron chi connectivity index (χ0n) is 18.2. The Morgan fingerprint density at radius 1 is 1.09 bits per heavy atom. The molecular formula is C22H27Cl2N3O4S. The lowest BCUT2D eigenvalue weighted by Crippen LogP contribution is -2.52. The van der Waals surface area contributed by atoms with Crippen molar-refractivity contribution in [2.75, 3.05) is 30.7 Å². The van der Waals surface area contributed by atoms with E-state index in [1.807, 2.05) is 30.3 Å². The number of nitrogens with zero attached hydrogens (tertiary/aromatic N) is 2. The fourth-order valence-electron chi connectivity index (χ4n) is 3.33. The van der Waals surface area contributed by atoms with Crippen LogP contribution in [-0.4, -0.2) is 57.6 Å². The number of likely N-dealkylation sites (N-methyl/N-ethyl adjacent to an activating group) is 1. The van der Waals surface area contributed by atoms with E-state index in [-0.39, 0.29) is 28.2 Å². The predicted molar refractivity (Wildman–Crippen MR) is 129 cm³/mol. The monoisotopic (exact) mass is 499 g/mol. The van der Waals surface area contributed by atoms with Gasteiger partial charge in [-0.1, -0.05) is 60.5 Å². The lowest BCUT2D eigenvalue weighted by molar-refractivity contribution is -0.139. The molecule has 0 saturated heterocycles. The van der Waals surface area contributed by atoms with Crippen LogP contribution in [0.4, 0.5) is 5.69 Å². The van der Waals surface area contributed by atoms with E-state index in [4.69, 9.17) is 23.2 Å². The van der Waals surface area contributed by atoms with Crippen molar-refractivity contribution in [1.29, 1.82) is 0 Å². The van der Waals surface area contributed by atoms with Gasteiger partial charge in [-0.05, 0) is 36.6 Å². The Labute approximate surface area is 199 Å². The van der Waals surface area contributed by atoms with E-state index in [1.165, 1.54) is 30.1 Å². The van der Waals surface area contributed by atoms with Crippen molar-refractivity contribution in [2.24, 2.45) is 0 Å². The Hall–Kier alpha value is -2.29. The largest absolute Gasteiger partial charge is 0.357 e. The van der Waals surface area contributed by atoms with E-state index in [0.29, 0.717) is 12.8 Å². The molecule has 1 atom stereocenters. The van der Waals surface area contributed by atoms with Gasteiger partial charge in [0, 0.05) is 18.6 Å². The summed E-state index contributed by atoms with van der Waals surface area (Å²) in [5.41, 5.74) is 1.10. The van der Waals surface area contributed by atoms with Crippen LogP contribution in [0.3, 0.4) is 0 Å². The molecule has 0 radical (unpaired) electrons. The Morgan fingerprint density at radius 2 is 1.75 bits per heavy atom. The van der Waals surface area contributed by atoms with Crippen LogP contribution in [0.15, 0.2) is 48.5 Å². The maximum Gasteiger partial charge on any atom is 0.244 e. The van der Waals surface area contributed by atoms with Crippen LogP contribution in [0, 0.1) is 0 Å². The first-order chi connectivity index (χ1) is 15.1. The van der Waals surface area contributed by atoms with Crippen LogP contribution < -0.4 is 9.62 Å². The van der Waals surface area contributed by atoms with Gasteiger partial charge in [0.1, 0.15) is 12.6 Å². The zero-order valence-corrected chi connectivity index (χ0v) is 20.5. The molecule has 0 saturated carbocycles. The number of amides is 2. The molecule has 1 unspecified atom stereocenters. The van der Waals surface area contributed by atoms with Crippen LogP contribution in [-0.2, 0) is 26.0 Å². The molecule has 7 nitrogen and oxygen atoms in total. The van der Waals surface area contributed by atoms with Crippen LogP contribution in [0.5, 0.6) is 0 Å². The van der Waals surface area contributed by atoms with Gasteiger partial charge < -0.3 is 10.2 Å². The van der Waals surface area contributed by atoms with E-state index >= 15 is 0 Å². The van der Waals surface area contributed by atoms with Gasteiger partial charge in [0.05, 0.1) is 17.0 Å². The second kappa shape index (κ2) is 11.5. The minimum atomic E-state index is -3.87. The molecule has 0 aliphatic rings. The van der Waals surface area contributed by atoms with Gasteiger partial charge in [0.2, 0.25) is 21.8 Å². The maximum absolute atomic E-state index is 13.4. The third-order valence-corrected chi connectivity index (χ3v) is 6.65. The minimum Gasteiger partial charge on any atom is -0.357 e. The van der Waals surface area contributed by atoms with Gasteiger partial charge in [-0.3, -0.25) is 13.9 Å². The fraction of sp³-hybridized carbons (Fsp3) is 0.364.